The molecule has 27 heavy (non-hydrogen) atoms. The monoisotopic (exact) mass is 372 g/mol. The number of benzene rings is 3. The fraction of sp³-hybridized carbons (Fsp3) is 0.100. The third kappa shape index (κ3) is 4.44. The molecule has 3 rings (SSSR count). The minimum atomic E-state index is -4.46. The second-order valence-electron chi connectivity index (χ2n) is 5.83. The van der Waals surface area contributed by atoms with Crippen molar-refractivity contribution in [3.63, 3.8) is 0 Å². The molecule has 0 aliphatic heterocycles. The standard InChI is InChI=1S/C20H15F3N2O2/c21-20(22,23)15-10-8-14(9-11-15)19(27)24-12-18(26)25-17-7-3-5-13-4-1-2-6-16(13)17/h1-11H,12H2,(H,24,27)(H,25,26). The summed E-state index contributed by atoms with van der Waals surface area (Å²) in [5.74, 6) is -1.07. The molecule has 0 bridgehead atoms. The molecule has 3 aromatic rings. The molecule has 0 unspecified atom stereocenters. The number of carbonyl (C=O) groups excluding carboxylic acids is 2. The topological polar surface area (TPSA) is 58.2 Å². The highest BCUT2D eigenvalue weighted by molar-refractivity contribution is 6.04. The van der Waals surface area contributed by atoms with E-state index in [0.29, 0.717) is 5.69 Å². The predicted molar refractivity (Wildman–Crippen MR) is 96.4 cm³/mol. The zero-order valence-electron chi connectivity index (χ0n) is 14.0. The van der Waals surface area contributed by atoms with Crippen molar-refractivity contribution in [1.29, 1.82) is 0 Å². The Bertz CT molecular complexity index is 977. The van der Waals surface area contributed by atoms with Crippen LogP contribution in [-0.2, 0) is 11.0 Å². The van der Waals surface area contributed by atoms with Crippen molar-refractivity contribution in [2.75, 3.05) is 11.9 Å². The maximum atomic E-state index is 12.5. The van der Waals surface area contributed by atoms with Gasteiger partial charge >= 0.3 is 6.18 Å². The van der Waals surface area contributed by atoms with Crippen LogP contribution in [0.1, 0.15) is 15.9 Å². The molecule has 3 aromatic carbocycles. The number of rotatable bonds is 4. The Kier molecular flexibility index (Phi) is 5.12. The van der Waals surface area contributed by atoms with Gasteiger partial charge in [0.2, 0.25) is 5.91 Å². The molecule has 0 spiro atoms. The normalized spacial score (nSPS) is 11.2. The van der Waals surface area contributed by atoms with E-state index in [1.807, 2.05) is 30.3 Å². The van der Waals surface area contributed by atoms with Gasteiger partial charge < -0.3 is 10.6 Å². The lowest BCUT2D eigenvalue weighted by Crippen LogP contribution is -2.32. The van der Waals surface area contributed by atoms with Crippen LogP contribution in [0.2, 0.25) is 0 Å². The third-order valence-corrected chi connectivity index (χ3v) is 3.95. The van der Waals surface area contributed by atoms with Gasteiger partial charge in [0.05, 0.1) is 12.1 Å². The molecular weight excluding hydrogens is 357 g/mol. The van der Waals surface area contributed by atoms with E-state index in [9.17, 15) is 22.8 Å². The maximum absolute atomic E-state index is 12.5. The molecule has 0 aromatic heterocycles. The van der Waals surface area contributed by atoms with Gasteiger partial charge in [-0.25, -0.2) is 0 Å². The summed E-state index contributed by atoms with van der Waals surface area (Å²) < 4.78 is 37.6. The smallest absolute Gasteiger partial charge is 0.343 e. The van der Waals surface area contributed by atoms with Crippen molar-refractivity contribution < 1.29 is 22.8 Å². The number of carbonyl (C=O) groups is 2. The first-order valence-corrected chi connectivity index (χ1v) is 8.08. The van der Waals surface area contributed by atoms with Gasteiger partial charge in [-0.05, 0) is 35.7 Å². The van der Waals surface area contributed by atoms with Crippen LogP contribution in [-0.4, -0.2) is 18.4 Å². The number of hydrogen-bond donors (Lipinski definition) is 2. The van der Waals surface area contributed by atoms with Gasteiger partial charge in [-0.3, -0.25) is 9.59 Å². The van der Waals surface area contributed by atoms with E-state index in [1.165, 1.54) is 0 Å². The molecule has 7 heteroatoms. The molecule has 138 valence electrons. The molecule has 0 radical (unpaired) electrons. The lowest BCUT2D eigenvalue weighted by atomic mass is 10.1. The molecule has 0 aliphatic rings. The van der Waals surface area contributed by atoms with Crippen molar-refractivity contribution in [1.82, 2.24) is 5.32 Å². The first-order chi connectivity index (χ1) is 12.8. The van der Waals surface area contributed by atoms with E-state index in [2.05, 4.69) is 10.6 Å². The third-order valence-electron chi connectivity index (χ3n) is 3.95. The summed E-state index contributed by atoms with van der Waals surface area (Å²) in [4.78, 5) is 24.1. The molecule has 0 fully saturated rings. The molecule has 0 heterocycles. The Labute approximate surface area is 153 Å². The molecular formula is C20H15F3N2O2. The average Bonchev–Trinajstić information content (AvgIpc) is 2.66. The van der Waals surface area contributed by atoms with Gasteiger partial charge in [-0.1, -0.05) is 36.4 Å². The molecule has 2 N–H and O–H groups in total. The largest absolute Gasteiger partial charge is 0.416 e. The summed E-state index contributed by atoms with van der Waals surface area (Å²) in [5.41, 5.74) is -0.185. The van der Waals surface area contributed by atoms with Crippen molar-refractivity contribution in [3.05, 3.63) is 77.9 Å². The van der Waals surface area contributed by atoms with Gasteiger partial charge in [0.15, 0.2) is 0 Å². The van der Waals surface area contributed by atoms with Crippen LogP contribution in [0.5, 0.6) is 0 Å². The minimum Gasteiger partial charge on any atom is -0.343 e. The fourth-order valence-corrected chi connectivity index (χ4v) is 2.60. The van der Waals surface area contributed by atoms with Crippen LogP contribution in [0.4, 0.5) is 18.9 Å². The average molecular weight is 372 g/mol. The van der Waals surface area contributed by atoms with Crippen LogP contribution in [0.15, 0.2) is 66.7 Å². The molecule has 0 saturated heterocycles. The van der Waals surface area contributed by atoms with Gasteiger partial charge in [0.25, 0.3) is 5.91 Å². The quantitative estimate of drug-likeness (QED) is 0.720. The summed E-state index contributed by atoms with van der Waals surface area (Å²) in [7, 11) is 0. The first-order valence-electron chi connectivity index (χ1n) is 8.08. The van der Waals surface area contributed by atoms with Crippen LogP contribution in [0.25, 0.3) is 10.8 Å². The number of anilines is 1. The first kappa shape index (κ1) is 18.4. The Morgan fingerprint density at radius 2 is 1.52 bits per heavy atom. The second-order valence-corrected chi connectivity index (χ2v) is 5.83. The lowest BCUT2D eigenvalue weighted by Gasteiger charge is -2.10. The number of fused-ring (bicyclic) bond motifs is 1. The van der Waals surface area contributed by atoms with E-state index >= 15 is 0 Å². The maximum Gasteiger partial charge on any atom is 0.416 e. The van der Waals surface area contributed by atoms with Gasteiger partial charge in [-0.2, -0.15) is 13.2 Å². The van der Waals surface area contributed by atoms with Gasteiger partial charge in [0, 0.05) is 16.6 Å². The number of hydrogen-bond acceptors (Lipinski definition) is 2. The van der Waals surface area contributed by atoms with Crippen LogP contribution >= 0.6 is 0 Å². The van der Waals surface area contributed by atoms with Crippen molar-refractivity contribution in [2.24, 2.45) is 0 Å². The Balaban J connectivity index is 1.61. The Morgan fingerprint density at radius 3 is 2.22 bits per heavy atom. The Hall–Kier alpha value is -3.35. The molecule has 0 aliphatic carbocycles. The van der Waals surface area contributed by atoms with Crippen molar-refractivity contribution >= 4 is 28.3 Å². The van der Waals surface area contributed by atoms with Crippen molar-refractivity contribution in [2.45, 2.75) is 6.18 Å². The van der Waals surface area contributed by atoms with E-state index in [0.717, 1.165) is 35.0 Å². The van der Waals surface area contributed by atoms with E-state index < -0.39 is 23.6 Å². The van der Waals surface area contributed by atoms with Crippen LogP contribution in [0, 0.1) is 0 Å². The summed E-state index contributed by atoms with van der Waals surface area (Å²) in [6.45, 7) is -0.303. The summed E-state index contributed by atoms with van der Waals surface area (Å²) >= 11 is 0. The zero-order valence-corrected chi connectivity index (χ0v) is 14.0. The summed E-state index contributed by atoms with van der Waals surface area (Å²) in [5, 5.41) is 6.94. The highest BCUT2D eigenvalue weighted by atomic mass is 19.4. The number of halogens is 3. The van der Waals surface area contributed by atoms with Crippen molar-refractivity contribution in [3.8, 4) is 0 Å². The van der Waals surface area contributed by atoms with Crippen LogP contribution in [0.3, 0.4) is 0 Å². The Morgan fingerprint density at radius 1 is 0.852 bits per heavy atom. The van der Waals surface area contributed by atoms with Gasteiger partial charge in [-0.15, -0.1) is 0 Å². The predicted octanol–water partition coefficient (Wildman–Crippen LogP) is 4.23. The minimum absolute atomic E-state index is 0.0426. The number of amides is 2. The number of nitrogens with one attached hydrogen (secondary N) is 2. The van der Waals surface area contributed by atoms with E-state index in [4.69, 9.17) is 0 Å². The summed E-state index contributed by atoms with van der Waals surface area (Å²) in [6.07, 6.45) is -4.46. The number of alkyl halides is 3. The van der Waals surface area contributed by atoms with E-state index in [-0.39, 0.29) is 12.1 Å². The zero-order chi connectivity index (χ0) is 19.4. The summed E-state index contributed by atoms with van der Waals surface area (Å²) in [6, 6.07) is 16.8. The SMILES string of the molecule is O=C(CNC(=O)c1ccc(C(F)(F)F)cc1)Nc1cccc2ccccc12. The molecule has 2 amide bonds. The molecule has 0 atom stereocenters. The highest BCUT2D eigenvalue weighted by Crippen LogP contribution is 2.29. The molecule has 0 saturated carbocycles. The highest BCUT2D eigenvalue weighted by Gasteiger charge is 2.30. The van der Waals surface area contributed by atoms with E-state index in [1.54, 1.807) is 12.1 Å². The van der Waals surface area contributed by atoms with Crippen LogP contribution < -0.4 is 10.6 Å². The lowest BCUT2D eigenvalue weighted by molar-refractivity contribution is -0.137. The second kappa shape index (κ2) is 7.49. The van der Waals surface area contributed by atoms with Gasteiger partial charge in [0.1, 0.15) is 0 Å². The molecule has 4 nitrogen and oxygen atoms in total. The fourth-order valence-electron chi connectivity index (χ4n) is 2.60.